The Morgan fingerprint density at radius 1 is 1.24 bits per heavy atom. The first-order valence-electron chi connectivity index (χ1n) is 8.35. The number of hydrogen-bond acceptors (Lipinski definition) is 4. The topological polar surface area (TPSA) is 33.7 Å². The molecule has 1 N–H and O–H groups in total. The highest BCUT2D eigenvalue weighted by atomic mass is 35.5. The second kappa shape index (κ2) is 8.47. The highest BCUT2D eigenvalue weighted by Crippen LogP contribution is 2.43. The Morgan fingerprint density at radius 2 is 1.92 bits per heavy atom. The van der Waals surface area contributed by atoms with Crippen molar-refractivity contribution in [2.45, 2.75) is 31.7 Å². The molecule has 3 rings (SSSR count). The molecule has 1 aliphatic carbocycles. The van der Waals surface area contributed by atoms with Crippen LogP contribution in [0.2, 0.25) is 0 Å². The summed E-state index contributed by atoms with van der Waals surface area (Å²) < 4.78 is 46.7. The van der Waals surface area contributed by atoms with Gasteiger partial charge in [-0.05, 0) is 18.4 Å². The summed E-state index contributed by atoms with van der Waals surface area (Å²) in [5, 5.41) is 3.34. The van der Waals surface area contributed by atoms with Gasteiger partial charge >= 0.3 is 6.36 Å². The van der Waals surface area contributed by atoms with Gasteiger partial charge in [-0.1, -0.05) is 18.9 Å². The summed E-state index contributed by atoms with van der Waals surface area (Å²) in [6, 6.07) is 4.61. The molecule has 4 nitrogen and oxygen atoms in total. The number of benzene rings is 1. The van der Waals surface area contributed by atoms with E-state index in [0.717, 1.165) is 38.2 Å². The lowest BCUT2D eigenvalue weighted by molar-refractivity contribution is -0.274. The zero-order valence-corrected chi connectivity index (χ0v) is 15.0. The van der Waals surface area contributed by atoms with Crippen molar-refractivity contribution >= 4 is 12.4 Å². The number of alkyl halides is 3. The number of methoxy groups -OCH3 is 1. The summed E-state index contributed by atoms with van der Waals surface area (Å²) in [6.45, 7) is 3.72. The smallest absolute Gasteiger partial charge is 0.496 e. The van der Waals surface area contributed by atoms with Crippen LogP contribution in [0.4, 0.5) is 13.2 Å². The van der Waals surface area contributed by atoms with Gasteiger partial charge in [-0.3, -0.25) is 4.90 Å². The normalized spacial score (nSPS) is 19.8. The van der Waals surface area contributed by atoms with Gasteiger partial charge in [-0.15, -0.1) is 25.6 Å². The van der Waals surface area contributed by atoms with Crippen LogP contribution in [-0.4, -0.2) is 44.6 Å². The van der Waals surface area contributed by atoms with Crippen LogP contribution in [0.1, 0.15) is 30.9 Å². The van der Waals surface area contributed by atoms with E-state index in [1.54, 1.807) is 6.07 Å². The molecule has 0 unspecified atom stereocenters. The standard InChI is InChI=1S/C17H23F3N2O2.ClH/c1-23-16-11-13(24-17(18,19)20)4-5-14(16)15(10-12-2-3-12)22-8-6-21-7-9-22;/h4-5,11-12,15,21H,2-3,6-10H2,1H3;1H/t15-;/m0./s1. The fourth-order valence-electron chi connectivity index (χ4n) is 3.30. The van der Waals surface area contributed by atoms with Gasteiger partial charge < -0.3 is 14.8 Å². The molecule has 1 saturated carbocycles. The Kier molecular flexibility index (Phi) is 6.82. The van der Waals surface area contributed by atoms with Crippen LogP contribution in [0.5, 0.6) is 11.5 Å². The largest absolute Gasteiger partial charge is 0.573 e. The van der Waals surface area contributed by atoms with Crippen molar-refractivity contribution < 1.29 is 22.6 Å². The maximum absolute atomic E-state index is 12.4. The summed E-state index contributed by atoms with van der Waals surface area (Å²) >= 11 is 0. The lowest BCUT2D eigenvalue weighted by Gasteiger charge is -2.36. The molecule has 1 atom stereocenters. The van der Waals surface area contributed by atoms with Crippen LogP contribution in [-0.2, 0) is 0 Å². The molecule has 2 aliphatic rings. The summed E-state index contributed by atoms with van der Waals surface area (Å²) in [6.07, 6.45) is -1.20. The van der Waals surface area contributed by atoms with Crippen molar-refractivity contribution in [2.75, 3.05) is 33.3 Å². The van der Waals surface area contributed by atoms with Crippen molar-refractivity contribution in [1.82, 2.24) is 10.2 Å². The maximum atomic E-state index is 12.4. The number of piperazine rings is 1. The molecule has 0 aromatic heterocycles. The van der Waals surface area contributed by atoms with Gasteiger partial charge in [0.1, 0.15) is 11.5 Å². The molecule has 0 spiro atoms. The van der Waals surface area contributed by atoms with E-state index >= 15 is 0 Å². The number of hydrogen-bond donors (Lipinski definition) is 1. The Hall–Kier alpha value is -1.18. The highest BCUT2D eigenvalue weighted by molar-refractivity contribution is 5.85. The summed E-state index contributed by atoms with van der Waals surface area (Å²) in [5.74, 6) is 0.926. The number of nitrogens with zero attached hydrogens (tertiary/aromatic N) is 1. The van der Waals surface area contributed by atoms with E-state index < -0.39 is 6.36 Å². The first-order valence-corrected chi connectivity index (χ1v) is 8.35. The first kappa shape index (κ1) is 20.1. The molecule has 0 radical (unpaired) electrons. The molecule has 1 aromatic rings. The third kappa shape index (κ3) is 5.66. The van der Waals surface area contributed by atoms with Gasteiger partial charge in [-0.25, -0.2) is 0 Å². The van der Waals surface area contributed by atoms with Crippen LogP contribution in [0, 0.1) is 5.92 Å². The van der Waals surface area contributed by atoms with E-state index in [1.807, 2.05) is 0 Å². The molecular formula is C17H24ClF3N2O2. The van der Waals surface area contributed by atoms with Crippen molar-refractivity contribution in [2.24, 2.45) is 5.92 Å². The minimum atomic E-state index is -4.70. The Morgan fingerprint density at radius 3 is 2.48 bits per heavy atom. The van der Waals surface area contributed by atoms with Gasteiger partial charge in [0.2, 0.25) is 0 Å². The van der Waals surface area contributed by atoms with Crippen molar-refractivity contribution in [3.63, 3.8) is 0 Å². The summed E-state index contributed by atoms with van der Waals surface area (Å²) in [4.78, 5) is 2.40. The molecule has 0 amide bonds. The Balaban J connectivity index is 0.00000225. The lowest BCUT2D eigenvalue weighted by Crippen LogP contribution is -2.45. The molecule has 1 aromatic carbocycles. The van der Waals surface area contributed by atoms with Gasteiger partial charge in [-0.2, -0.15) is 0 Å². The van der Waals surface area contributed by atoms with E-state index in [0.29, 0.717) is 11.7 Å². The van der Waals surface area contributed by atoms with Gasteiger partial charge in [0.25, 0.3) is 0 Å². The van der Waals surface area contributed by atoms with Crippen LogP contribution in [0.15, 0.2) is 18.2 Å². The van der Waals surface area contributed by atoms with Gasteiger partial charge in [0.15, 0.2) is 0 Å². The van der Waals surface area contributed by atoms with Crippen molar-refractivity contribution in [1.29, 1.82) is 0 Å². The van der Waals surface area contributed by atoms with Gasteiger partial charge in [0, 0.05) is 43.9 Å². The van der Waals surface area contributed by atoms with Crippen molar-refractivity contribution in [3.05, 3.63) is 23.8 Å². The fraction of sp³-hybridized carbons (Fsp3) is 0.647. The van der Waals surface area contributed by atoms with E-state index in [2.05, 4.69) is 15.0 Å². The monoisotopic (exact) mass is 380 g/mol. The Labute approximate surface area is 152 Å². The van der Waals surface area contributed by atoms with E-state index in [4.69, 9.17) is 4.74 Å². The summed E-state index contributed by atoms with van der Waals surface area (Å²) in [5.41, 5.74) is 0.945. The zero-order chi connectivity index (χ0) is 17.2. The third-order valence-corrected chi connectivity index (χ3v) is 4.64. The third-order valence-electron chi connectivity index (χ3n) is 4.64. The van der Waals surface area contributed by atoms with Gasteiger partial charge in [0.05, 0.1) is 7.11 Å². The molecule has 2 fully saturated rings. The molecule has 142 valence electrons. The molecule has 25 heavy (non-hydrogen) atoms. The minimum absolute atomic E-state index is 0. The molecule has 1 aliphatic heterocycles. The molecular weight excluding hydrogens is 357 g/mol. The average Bonchev–Trinajstić information content (AvgIpc) is 3.36. The predicted octanol–water partition coefficient (Wildman–Crippen LogP) is 3.76. The number of rotatable bonds is 6. The van der Waals surface area contributed by atoms with E-state index in [-0.39, 0.29) is 24.2 Å². The fourth-order valence-corrected chi connectivity index (χ4v) is 3.30. The van der Waals surface area contributed by atoms with E-state index in [9.17, 15) is 13.2 Å². The van der Waals surface area contributed by atoms with Crippen LogP contribution < -0.4 is 14.8 Å². The van der Waals surface area contributed by atoms with E-state index in [1.165, 1.54) is 32.1 Å². The zero-order valence-electron chi connectivity index (χ0n) is 14.1. The molecule has 8 heteroatoms. The Bertz CT molecular complexity index is 561. The van der Waals surface area contributed by atoms with Crippen molar-refractivity contribution in [3.8, 4) is 11.5 Å². The number of ether oxygens (including phenoxy) is 2. The predicted molar refractivity (Wildman–Crippen MR) is 91.4 cm³/mol. The molecule has 1 heterocycles. The second-order valence-electron chi connectivity index (χ2n) is 6.43. The SMILES string of the molecule is COc1cc(OC(F)(F)F)ccc1[C@H](CC1CC1)N1CCNCC1.Cl. The first-order chi connectivity index (χ1) is 11.5. The summed E-state index contributed by atoms with van der Waals surface area (Å²) in [7, 11) is 1.49. The maximum Gasteiger partial charge on any atom is 0.573 e. The minimum Gasteiger partial charge on any atom is -0.496 e. The highest BCUT2D eigenvalue weighted by Gasteiger charge is 2.34. The number of halogens is 4. The average molecular weight is 381 g/mol. The number of nitrogens with one attached hydrogen (secondary N) is 1. The second-order valence-corrected chi connectivity index (χ2v) is 6.43. The lowest BCUT2D eigenvalue weighted by atomic mass is 9.97. The van der Waals surface area contributed by atoms with Crippen LogP contribution in [0.25, 0.3) is 0 Å². The quantitative estimate of drug-likeness (QED) is 0.814. The molecule has 1 saturated heterocycles. The molecule has 0 bridgehead atoms. The van der Waals surface area contributed by atoms with Crippen LogP contribution >= 0.6 is 12.4 Å². The van der Waals surface area contributed by atoms with Crippen LogP contribution in [0.3, 0.4) is 0 Å².